The monoisotopic (exact) mass is 253 g/mol. The molecular weight excluding hydrogens is 235 g/mol. The van der Waals surface area contributed by atoms with Crippen LogP contribution in [-0.4, -0.2) is 26.1 Å². The summed E-state index contributed by atoms with van der Waals surface area (Å²) in [5.41, 5.74) is -0.778. The van der Waals surface area contributed by atoms with E-state index in [0.29, 0.717) is 6.42 Å². The summed E-state index contributed by atoms with van der Waals surface area (Å²) in [5.74, 6) is -0.560. The van der Waals surface area contributed by atoms with E-state index in [-0.39, 0.29) is 6.10 Å². The van der Waals surface area contributed by atoms with Crippen molar-refractivity contribution < 1.29 is 18.0 Å². The lowest BCUT2D eigenvalue weighted by atomic mass is 9.97. The molecule has 0 spiro atoms. The Morgan fingerprint density at radius 1 is 1.38 bits per heavy atom. The fraction of sp³-hybridized carbons (Fsp3) is 0.900. The SMILES string of the molecule is C[C@H]1C[C@@H](C[Si](C)(C)C)ON=C1C(F)(F)F. The van der Waals surface area contributed by atoms with Gasteiger partial charge >= 0.3 is 6.18 Å². The molecule has 2 nitrogen and oxygen atoms in total. The van der Waals surface area contributed by atoms with Gasteiger partial charge in [0.05, 0.1) is 0 Å². The van der Waals surface area contributed by atoms with Crippen LogP contribution in [0.3, 0.4) is 0 Å². The van der Waals surface area contributed by atoms with Crippen molar-refractivity contribution in [2.45, 2.75) is 51.3 Å². The molecule has 1 aliphatic heterocycles. The Bertz CT molecular complexity index is 283. The predicted octanol–water partition coefficient (Wildman–Crippen LogP) is 3.67. The van der Waals surface area contributed by atoms with E-state index in [0.717, 1.165) is 6.04 Å². The second-order valence-electron chi connectivity index (χ2n) is 5.60. The zero-order valence-electron chi connectivity index (χ0n) is 10.1. The van der Waals surface area contributed by atoms with Gasteiger partial charge in [0.25, 0.3) is 0 Å². The molecule has 16 heavy (non-hydrogen) atoms. The lowest BCUT2D eigenvalue weighted by molar-refractivity contribution is -0.0746. The summed E-state index contributed by atoms with van der Waals surface area (Å²) >= 11 is 0. The van der Waals surface area contributed by atoms with E-state index in [1.54, 1.807) is 6.92 Å². The van der Waals surface area contributed by atoms with Crippen molar-refractivity contribution in [1.29, 1.82) is 0 Å². The number of hydrogen-bond acceptors (Lipinski definition) is 2. The summed E-state index contributed by atoms with van der Waals surface area (Å²) in [6, 6.07) is 0.853. The van der Waals surface area contributed by atoms with E-state index >= 15 is 0 Å². The van der Waals surface area contributed by atoms with Crippen molar-refractivity contribution in [3.8, 4) is 0 Å². The number of hydrogen-bond donors (Lipinski definition) is 0. The summed E-state index contributed by atoms with van der Waals surface area (Å²) < 4.78 is 37.4. The lowest BCUT2D eigenvalue weighted by Gasteiger charge is -2.30. The summed E-state index contributed by atoms with van der Waals surface area (Å²) in [4.78, 5) is 4.97. The molecule has 0 radical (unpaired) electrons. The van der Waals surface area contributed by atoms with E-state index < -0.39 is 25.9 Å². The minimum absolute atomic E-state index is 0.146. The average molecular weight is 253 g/mol. The first-order valence-electron chi connectivity index (χ1n) is 5.40. The third kappa shape index (κ3) is 3.81. The Morgan fingerprint density at radius 2 is 1.94 bits per heavy atom. The quantitative estimate of drug-likeness (QED) is 0.688. The summed E-state index contributed by atoms with van der Waals surface area (Å²) in [6.45, 7) is 8.07. The van der Waals surface area contributed by atoms with Gasteiger partial charge in [-0.25, -0.2) is 0 Å². The van der Waals surface area contributed by atoms with Crippen molar-refractivity contribution in [3.05, 3.63) is 0 Å². The maximum Gasteiger partial charge on any atom is 0.432 e. The Hall–Kier alpha value is -0.523. The van der Waals surface area contributed by atoms with Gasteiger partial charge in [0.1, 0.15) is 6.10 Å². The lowest BCUT2D eigenvalue weighted by Crippen LogP contribution is -2.38. The molecule has 0 unspecified atom stereocenters. The van der Waals surface area contributed by atoms with Crippen LogP contribution in [0.2, 0.25) is 25.7 Å². The number of alkyl halides is 3. The van der Waals surface area contributed by atoms with Gasteiger partial charge in [0.2, 0.25) is 0 Å². The standard InChI is InChI=1S/C10H18F3NOSi/c1-7-5-8(6-16(2,3)4)15-14-9(7)10(11,12)13/h7-8H,5-6H2,1-4H3/t7-,8-/m0/s1. The van der Waals surface area contributed by atoms with Gasteiger partial charge < -0.3 is 4.84 Å². The number of oxime groups is 1. The zero-order chi connectivity index (χ0) is 12.6. The minimum atomic E-state index is -4.36. The Morgan fingerprint density at radius 3 is 2.31 bits per heavy atom. The first kappa shape index (κ1) is 13.5. The van der Waals surface area contributed by atoms with Crippen LogP contribution in [0.1, 0.15) is 13.3 Å². The minimum Gasteiger partial charge on any atom is -0.393 e. The Kier molecular flexibility index (Phi) is 3.71. The molecule has 1 aliphatic rings. The third-order valence-corrected chi connectivity index (χ3v) is 4.19. The molecule has 0 aliphatic carbocycles. The normalized spacial score (nSPS) is 27.3. The maximum atomic E-state index is 12.5. The summed E-state index contributed by atoms with van der Waals surface area (Å²) in [6.07, 6.45) is -4.08. The van der Waals surface area contributed by atoms with Crippen LogP contribution in [0.15, 0.2) is 5.16 Å². The molecule has 0 N–H and O–H groups in total. The van der Waals surface area contributed by atoms with Crippen molar-refractivity contribution in [3.63, 3.8) is 0 Å². The molecular formula is C10H18F3NOSi. The molecule has 2 atom stereocenters. The number of rotatable bonds is 2. The van der Waals surface area contributed by atoms with Crippen molar-refractivity contribution in [1.82, 2.24) is 0 Å². The summed E-state index contributed by atoms with van der Waals surface area (Å²) in [7, 11) is -1.32. The molecule has 0 fully saturated rings. The Labute approximate surface area is 94.9 Å². The average Bonchev–Trinajstić information content (AvgIpc) is 1.97. The largest absolute Gasteiger partial charge is 0.432 e. The highest BCUT2D eigenvalue weighted by atomic mass is 28.3. The molecule has 0 saturated heterocycles. The smallest absolute Gasteiger partial charge is 0.393 e. The maximum absolute atomic E-state index is 12.5. The predicted molar refractivity (Wildman–Crippen MR) is 60.3 cm³/mol. The van der Waals surface area contributed by atoms with Crippen LogP contribution in [-0.2, 0) is 4.84 Å². The third-order valence-electron chi connectivity index (χ3n) is 2.51. The summed E-state index contributed by atoms with van der Waals surface area (Å²) in [5, 5.41) is 3.26. The van der Waals surface area contributed by atoms with Gasteiger partial charge in [-0.2, -0.15) is 13.2 Å². The second-order valence-corrected chi connectivity index (χ2v) is 11.1. The van der Waals surface area contributed by atoms with E-state index in [9.17, 15) is 13.2 Å². The zero-order valence-corrected chi connectivity index (χ0v) is 11.1. The highest BCUT2D eigenvalue weighted by Crippen LogP contribution is 2.31. The highest BCUT2D eigenvalue weighted by molar-refractivity contribution is 6.76. The van der Waals surface area contributed by atoms with Gasteiger partial charge in [-0.3, -0.25) is 0 Å². The molecule has 94 valence electrons. The van der Waals surface area contributed by atoms with E-state index in [1.165, 1.54) is 0 Å². The first-order valence-corrected chi connectivity index (χ1v) is 9.11. The van der Waals surface area contributed by atoms with Crippen molar-refractivity contribution in [2.75, 3.05) is 0 Å². The highest BCUT2D eigenvalue weighted by Gasteiger charge is 2.43. The van der Waals surface area contributed by atoms with Gasteiger partial charge in [-0.15, -0.1) is 0 Å². The van der Waals surface area contributed by atoms with Crippen molar-refractivity contribution >= 4 is 13.8 Å². The molecule has 0 aromatic carbocycles. The molecule has 0 aromatic heterocycles. The van der Waals surface area contributed by atoms with Crippen LogP contribution < -0.4 is 0 Å². The molecule has 0 amide bonds. The first-order chi connectivity index (χ1) is 7.09. The van der Waals surface area contributed by atoms with E-state index in [2.05, 4.69) is 24.8 Å². The number of nitrogens with zero attached hydrogens (tertiary/aromatic N) is 1. The molecule has 0 saturated carbocycles. The van der Waals surface area contributed by atoms with Gasteiger partial charge in [-0.05, 0) is 12.5 Å². The van der Waals surface area contributed by atoms with E-state index in [4.69, 9.17) is 4.84 Å². The van der Waals surface area contributed by atoms with Crippen molar-refractivity contribution in [2.24, 2.45) is 11.1 Å². The second kappa shape index (κ2) is 4.39. The topological polar surface area (TPSA) is 21.6 Å². The van der Waals surface area contributed by atoms with Crippen LogP contribution in [0.5, 0.6) is 0 Å². The fourth-order valence-electron chi connectivity index (χ4n) is 1.91. The van der Waals surface area contributed by atoms with Crippen LogP contribution >= 0.6 is 0 Å². The van der Waals surface area contributed by atoms with E-state index in [1.807, 2.05) is 0 Å². The number of halogens is 3. The molecule has 0 bridgehead atoms. The molecule has 1 heterocycles. The molecule has 0 aromatic rings. The van der Waals surface area contributed by atoms with Crippen LogP contribution in [0.4, 0.5) is 13.2 Å². The fourth-order valence-corrected chi connectivity index (χ4v) is 3.51. The Balaban J connectivity index is 2.67. The van der Waals surface area contributed by atoms with Gasteiger partial charge in [-0.1, -0.05) is 31.7 Å². The van der Waals surface area contributed by atoms with Gasteiger partial charge in [0, 0.05) is 14.0 Å². The molecule has 6 heteroatoms. The van der Waals surface area contributed by atoms with Gasteiger partial charge in [0.15, 0.2) is 5.71 Å². The molecule has 1 rings (SSSR count). The van der Waals surface area contributed by atoms with Crippen LogP contribution in [0.25, 0.3) is 0 Å². The van der Waals surface area contributed by atoms with Crippen LogP contribution in [0, 0.1) is 5.92 Å².